The standard InChI is InChI=1S/C16H24N2O2S/c1-12(13-7-8-13)18(2)21(19,20)17-16-10-9-14-5-3-4-6-15(14)11-16/h3-6,12-13,16-17H,7-11H2,1-2H3/t12-,16-/m1/s1. The van der Waals surface area contributed by atoms with E-state index in [1.807, 2.05) is 13.0 Å². The first-order chi connectivity index (χ1) is 9.97. The van der Waals surface area contributed by atoms with Crippen LogP contribution in [0, 0.1) is 5.92 Å². The molecule has 0 aliphatic heterocycles. The lowest BCUT2D eigenvalue weighted by Crippen LogP contribution is -2.48. The minimum Gasteiger partial charge on any atom is -0.199 e. The molecule has 0 bridgehead atoms. The molecule has 3 rings (SSSR count). The molecule has 0 saturated heterocycles. The first kappa shape index (κ1) is 15.0. The fraction of sp³-hybridized carbons (Fsp3) is 0.625. The molecule has 2 aliphatic rings. The van der Waals surface area contributed by atoms with Crippen LogP contribution < -0.4 is 4.72 Å². The Hall–Kier alpha value is -0.910. The zero-order valence-electron chi connectivity index (χ0n) is 12.7. The molecular formula is C16H24N2O2S. The van der Waals surface area contributed by atoms with Gasteiger partial charge < -0.3 is 0 Å². The molecule has 2 atom stereocenters. The fourth-order valence-electron chi connectivity index (χ4n) is 3.19. The van der Waals surface area contributed by atoms with Crippen molar-refractivity contribution in [3.8, 4) is 0 Å². The maximum atomic E-state index is 12.5. The third kappa shape index (κ3) is 3.30. The molecule has 5 heteroatoms. The second-order valence-corrected chi connectivity index (χ2v) is 8.19. The van der Waals surface area contributed by atoms with Crippen LogP contribution in [0.25, 0.3) is 0 Å². The predicted molar refractivity (Wildman–Crippen MR) is 84.3 cm³/mol. The molecule has 0 radical (unpaired) electrons. The molecule has 0 heterocycles. The topological polar surface area (TPSA) is 49.4 Å². The highest BCUT2D eigenvalue weighted by Gasteiger charge is 2.36. The first-order valence-corrected chi connectivity index (χ1v) is 9.23. The summed E-state index contributed by atoms with van der Waals surface area (Å²) in [5, 5.41) is 0. The molecule has 1 aromatic rings. The third-order valence-corrected chi connectivity index (χ3v) is 6.64. The van der Waals surface area contributed by atoms with Gasteiger partial charge in [0.05, 0.1) is 0 Å². The Morgan fingerprint density at radius 3 is 2.52 bits per heavy atom. The Labute approximate surface area is 127 Å². The molecule has 1 aromatic carbocycles. The van der Waals surface area contributed by atoms with E-state index < -0.39 is 10.2 Å². The van der Waals surface area contributed by atoms with E-state index in [9.17, 15) is 8.42 Å². The second-order valence-electron chi connectivity index (χ2n) is 6.43. The molecule has 4 nitrogen and oxygen atoms in total. The van der Waals surface area contributed by atoms with Crippen LogP contribution in [0.4, 0.5) is 0 Å². The van der Waals surface area contributed by atoms with E-state index in [1.54, 1.807) is 7.05 Å². The fourth-order valence-corrected chi connectivity index (χ4v) is 4.59. The molecule has 0 unspecified atom stereocenters. The van der Waals surface area contributed by atoms with E-state index in [1.165, 1.54) is 15.4 Å². The molecule has 1 saturated carbocycles. The maximum absolute atomic E-state index is 12.5. The highest BCUT2D eigenvalue weighted by molar-refractivity contribution is 7.87. The van der Waals surface area contributed by atoms with E-state index >= 15 is 0 Å². The molecule has 0 aromatic heterocycles. The summed E-state index contributed by atoms with van der Waals surface area (Å²) in [4.78, 5) is 0. The number of rotatable bonds is 5. The van der Waals surface area contributed by atoms with Gasteiger partial charge in [0.15, 0.2) is 0 Å². The number of nitrogens with zero attached hydrogens (tertiary/aromatic N) is 1. The molecule has 0 spiro atoms. The van der Waals surface area contributed by atoms with Crippen LogP contribution in [0.3, 0.4) is 0 Å². The lowest BCUT2D eigenvalue weighted by molar-refractivity contribution is 0.345. The largest absolute Gasteiger partial charge is 0.279 e. The number of aryl methyl sites for hydroxylation is 1. The minimum absolute atomic E-state index is 0.0127. The summed E-state index contributed by atoms with van der Waals surface area (Å²) in [6.07, 6.45) is 4.92. The third-order valence-electron chi connectivity index (χ3n) is 4.92. The molecule has 0 amide bonds. The smallest absolute Gasteiger partial charge is 0.199 e. The van der Waals surface area contributed by atoms with Crippen molar-refractivity contribution in [3.05, 3.63) is 35.4 Å². The van der Waals surface area contributed by atoms with Crippen LogP contribution in [0.5, 0.6) is 0 Å². The van der Waals surface area contributed by atoms with Crippen molar-refractivity contribution in [2.24, 2.45) is 5.92 Å². The number of nitrogens with one attached hydrogen (secondary N) is 1. The van der Waals surface area contributed by atoms with Crippen molar-refractivity contribution in [1.29, 1.82) is 0 Å². The number of fused-ring (bicyclic) bond motifs is 1. The molecule has 21 heavy (non-hydrogen) atoms. The van der Waals surface area contributed by atoms with Gasteiger partial charge >= 0.3 is 0 Å². The van der Waals surface area contributed by atoms with Gasteiger partial charge in [-0.05, 0) is 56.1 Å². The van der Waals surface area contributed by atoms with Gasteiger partial charge in [-0.2, -0.15) is 17.4 Å². The van der Waals surface area contributed by atoms with Crippen molar-refractivity contribution in [3.63, 3.8) is 0 Å². The van der Waals surface area contributed by atoms with Gasteiger partial charge in [0, 0.05) is 19.1 Å². The predicted octanol–water partition coefficient (Wildman–Crippen LogP) is 2.11. The van der Waals surface area contributed by atoms with E-state index in [-0.39, 0.29) is 12.1 Å². The Morgan fingerprint density at radius 1 is 1.19 bits per heavy atom. The van der Waals surface area contributed by atoms with Crippen LogP contribution >= 0.6 is 0 Å². The monoisotopic (exact) mass is 308 g/mol. The Morgan fingerprint density at radius 2 is 1.86 bits per heavy atom. The molecule has 116 valence electrons. The van der Waals surface area contributed by atoms with Gasteiger partial charge in [-0.1, -0.05) is 24.3 Å². The lowest BCUT2D eigenvalue weighted by atomic mass is 9.89. The highest BCUT2D eigenvalue weighted by Crippen LogP contribution is 2.35. The summed E-state index contributed by atoms with van der Waals surface area (Å²) in [7, 11) is -1.69. The zero-order valence-corrected chi connectivity index (χ0v) is 13.6. The van der Waals surface area contributed by atoms with Crippen molar-refractivity contribution in [2.75, 3.05) is 7.05 Å². The van der Waals surface area contributed by atoms with Crippen molar-refractivity contribution in [2.45, 2.75) is 51.1 Å². The van der Waals surface area contributed by atoms with Gasteiger partial charge in [-0.15, -0.1) is 0 Å². The Bertz CT molecular complexity index is 610. The summed E-state index contributed by atoms with van der Waals surface area (Å²) in [6.45, 7) is 2.01. The Balaban J connectivity index is 1.66. The minimum atomic E-state index is -3.38. The first-order valence-electron chi connectivity index (χ1n) is 7.79. The lowest BCUT2D eigenvalue weighted by Gasteiger charge is -2.30. The summed E-state index contributed by atoms with van der Waals surface area (Å²) in [6, 6.07) is 8.43. The number of benzene rings is 1. The zero-order chi connectivity index (χ0) is 15.0. The summed E-state index contributed by atoms with van der Waals surface area (Å²) in [5.74, 6) is 0.540. The van der Waals surface area contributed by atoms with Crippen molar-refractivity contribution >= 4 is 10.2 Å². The normalized spacial score (nSPS) is 23.9. The van der Waals surface area contributed by atoms with E-state index in [2.05, 4.69) is 22.9 Å². The van der Waals surface area contributed by atoms with Gasteiger partial charge in [-0.3, -0.25) is 0 Å². The van der Waals surface area contributed by atoms with Crippen LogP contribution in [-0.4, -0.2) is 31.9 Å². The van der Waals surface area contributed by atoms with Crippen LogP contribution in [0.1, 0.15) is 37.3 Å². The summed E-state index contributed by atoms with van der Waals surface area (Å²) >= 11 is 0. The van der Waals surface area contributed by atoms with Crippen LogP contribution in [-0.2, 0) is 23.1 Å². The average Bonchev–Trinajstić information content (AvgIpc) is 3.30. The van der Waals surface area contributed by atoms with Crippen LogP contribution in [0.15, 0.2) is 24.3 Å². The average molecular weight is 308 g/mol. The number of hydrogen-bond donors (Lipinski definition) is 1. The van der Waals surface area contributed by atoms with Crippen LogP contribution in [0.2, 0.25) is 0 Å². The maximum Gasteiger partial charge on any atom is 0.279 e. The molecule has 1 fully saturated rings. The molecule has 2 aliphatic carbocycles. The molecular weight excluding hydrogens is 284 g/mol. The number of hydrogen-bond acceptors (Lipinski definition) is 2. The highest BCUT2D eigenvalue weighted by atomic mass is 32.2. The van der Waals surface area contributed by atoms with E-state index in [0.717, 1.165) is 32.1 Å². The SMILES string of the molecule is C[C@H](C1CC1)N(C)S(=O)(=O)N[C@@H]1CCc2ccccc2C1. The second kappa shape index (κ2) is 5.71. The van der Waals surface area contributed by atoms with Gasteiger partial charge in [0.25, 0.3) is 10.2 Å². The quantitative estimate of drug-likeness (QED) is 0.905. The van der Waals surface area contributed by atoms with Crippen molar-refractivity contribution < 1.29 is 8.42 Å². The Kier molecular flexibility index (Phi) is 4.08. The van der Waals surface area contributed by atoms with E-state index in [0.29, 0.717) is 5.92 Å². The summed E-state index contributed by atoms with van der Waals surface area (Å²) < 4.78 is 29.4. The van der Waals surface area contributed by atoms with E-state index in [4.69, 9.17) is 0 Å². The van der Waals surface area contributed by atoms with Gasteiger partial charge in [0.1, 0.15) is 0 Å². The van der Waals surface area contributed by atoms with Gasteiger partial charge in [-0.25, -0.2) is 0 Å². The van der Waals surface area contributed by atoms with Gasteiger partial charge in [0.2, 0.25) is 0 Å². The van der Waals surface area contributed by atoms with Crippen molar-refractivity contribution in [1.82, 2.24) is 9.03 Å². The molecule has 1 N–H and O–H groups in total. The summed E-state index contributed by atoms with van der Waals surface area (Å²) in [5.41, 5.74) is 2.63.